The quantitative estimate of drug-likeness (QED) is 0.651. The number of aryl methyl sites for hydroxylation is 1. The lowest BCUT2D eigenvalue weighted by molar-refractivity contribution is -0.384. The number of hydrogen-bond donors (Lipinski definition) is 1. The Morgan fingerprint density at radius 1 is 1.29 bits per heavy atom. The molecule has 0 unspecified atom stereocenters. The SMILES string of the molecule is Cc1ccc([N+](=O)[O-])cc1Oc1ccc([C@@H](C)N)c(Br)c1. The molecule has 0 aromatic heterocycles. The number of halogens is 1. The lowest BCUT2D eigenvalue weighted by Gasteiger charge is -2.12. The van der Waals surface area contributed by atoms with Gasteiger partial charge in [-0.25, -0.2) is 0 Å². The van der Waals surface area contributed by atoms with Gasteiger partial charge in [-0.1, -0.05) is 22.0 Å². The van der Waals surface area contributed by atoms with Crippen molar-refractivity contribution in [1.29, 1.82) is 0 Å². The van der Waals surface area contributed by atoms with Crippen molar-refractivity contribution in [1.82, 2.24) is 0 Å². The van der Waals surface area contributed by atoms with E-state index in [-0.39, 0.29) is 11.7 Å². The minimum absolute atomic E-state index is 0.00173. The molecule has 21 heavy (non-hydrogen) atoms. The molecule has 0 aliphatic carbocycles. The molecule has 2 aromatic rings. The van der Waals surface area contributed by atoms with Crippen LogP contribution in [0.4, 0.5) is 5.69 Å². The molecular formula is C15H15BrN2O3. The van der Waals surface area contributed by atoms with Crippen LogP contribution in [-0.2, 0) is 0 Å². The summed E-state index contributed by atoms with van der Waals surface area (Å²) in [6.07, 6.45) is 0. The van der Waals surface area contributed by atoms with Crippen molar-refractivity contribution in [3.05, 3.63) is 62.1 Å². The Kier molecular flexibility index (Phi) is 4.59. The van der Waals surface area contributed by atoms with Crippen molar-refractivity contribution in [3.63, 3.8) is 0 Å². The van der Waals surface area contributed by atoms with Gasteiger partial charge in [0.05, 0.1) is 11.0 Å². The maximum atomic E-state index is 10.8. The summed E-state index contributed by atoms with van der Waals surface area (Å²) in [4.78, 5) is 10.4. The molecular weight excluding hydrogens is 336 g/mol. The maximum absolute atomic E-state index is 10.8. The van der Waals surface area contributed by atoms with Gasteiger partial charge in [-0.05, 0) is 43.2 Å². The normalized spacial score (nSPS) is 12.0. The number of nitrogens with zero attached hydrogens (tertiary/aromatic N) is 1. The maximum Gasteiger partial charge on any atom is 0.273 e. The fourth-order valence-electron chi connectivity index (χ4n) is 1.88. The summed E-state index contributed by atoms with van der Waals surface area (Å²) in [5, 5.41) is 10.8. The minimum Gasteiger partial charge on any atom is -0.457 e. The molecule has 0 saturated heterocycles. The molecule has 2 aromatic carbocycles. The van der Waals surface area contributed by atoms with Crippen molar-refractivity contribution in [2.24, 2.45) is 5.73 Å². The van der Waals surface area contributed by atoms with Gasteiger partial charge in [-0.2, -0.15) is 0 Å². The van der Waals surface area contributed by atoms with Crippen LogP contribution in [-0.4, -0.2) is 4.92 Å². The van der Waals surface area contributed by atoms with Crippen molar-refractivity contribution >= 4 is 21.6 Å². The largest absolute Gasteiger partial charge is 0.457 e. The summed E-state index contributed by atoms with van der Waals surface area (Å²) in [5.74, 6) is 1.06. The van der Waals surface area contributed by atoms with Gasteiger partial charge in [0.25, 0.3) is 5.69 Å². The number of nitro groups is 1. The summed E-state index contributed by atoms with van der Waals surface area (Å²) in [7, 11) is 0. The molecule has 0 saturated carbocycles. The van der Waals surface area contributed by atoms with Gasteiger partial charge in [0.2, 0.25) is 0 Å². The van der Waals surface area contributed by atoms with E-state index in [0.717, 1.165) is 15.6 Å². The molecule has 5 nitrogen and oxygen atoms in total. The number of nitrogens with two attached hydrogens (primary N) is 1. The molecule has 0 aliphatic heterocycles. The van der Waals surface area contributed by atoms with E-state index in [1.165, 1.54) is 12.1 Å². The van der Waals surface area contributed by atoms with Gasteiger partial charge >= 0.3 is 0 Å². The molecule has 0 fully saturated rings. The standard InChI is InChI=1S/C15H15BrN2O3/c1-9-3-4-11(18(19)20)7-15(9)21-12-5-6-13(10(2)17)14(16)8-12/h3-8,10H,17H2,1-2H3/t10-/m1/s1. The molecule has 2 N–H and O–H groups in total. The number of hydrogen-bond acceptors (Lipinski definition) is 4. The van der Waals surface area contributed by atoms with Gasteiger partial charge in [-0.15, -0.1) is 0 Å². The third-order valence-electron chi connectivity index (χ3n) is 3.07. The average molecular weight is 351 g/mol. The zero-order valence-electron chi connectivity index (χ0n) is 11.7. The number of ether oxygens (including phenoxy) is 1. The van der Waals surface area contributed by atoms with Crippen LogP contribution in [0.1, 0.15) is 24.1 Å². The molecule has 0 radical (unpaired) electrons. The predicted octanol–water partition coefficient (Wildman–Crippen LogP) is 4.48. The second-order valence-corrected chi connectivity index (χ2v) is 5.64. The van der Waals surface area contributed by atoms with E-state index in [1.807, 2.05) is 19.9 Å². The molecule has 0 amide bonds. The molecule has 6 heteroatoms. The fourth-order valence-corrected chi connectivity index (χ4v) is 2.60. The van der Waals surface area contributed by atoms with E-state index in [9.17, 15) is 10.1 Å². The second kappa shape index (κ2) is 6.24. The lowest BCUT2D eigenvalue weighted by Crippen LogP contribution is -2.05. The Bertz CT molecular complexity index is 687. The third-order valence-corrected chi connectivity index (χ3v) is 3.76. The Morgan fingerprint density at radius 3 is 2.57 bits per heavy atom. The molecule has 0 spiro atoms. The van der Waals surface area contributed by atoms with E-state index in [4.69, 9.17) is 10.5 Å². The predicted molar refractivity (Wildman–Crippen MR) is 84.7 cm³/mol. The van der Waals surface area contributed by atoms with E-state index in [2.05, 4.69) is 15.9 Å². The Hall–Kier alpha value is -1.92. The third kappa shape index (κ3) is 3.59. The summed E-state index contributed by atoms with van der Waals surface area (Å²) in [6, 6.07) is 9.92. The highest BCUT2D eigenvalue weighted by atomic mass is 79.9. The van der Waals surface area contributed by atoms with Crippen LogP contribution >= 0.6 is 15.9 Å². The first-order valence-electron chi connectivity index (χ1n) is 6.36. The van der Waals surface area contributed by atoms with Gasteiger partial charge in [0.1, 0.15) is 11.5 Å². The van der Waals surface area contributed by atoms with Gasteiger partial charge < -0.3 is 10.5 Å². The number of non-ortho nitro benzene ring substituents is 1. The zero-order chi connectivity index (χ0) is 15.6. The first kappa shape index (κ1) is 15.5. The second-order valence-electron chi connectivity index (χ2n) is 4.78. The number of rotatable bonds is 4. The van der Waals surface area contributed by atoms with Crippen LogP contribution in [0.15, 0.2) is 40.9 Å². The Labute approximate surface area is 131 Å². The lowest BCUT2D eigenvalue weighted by atomic mass is 10.1. The van der Waals surface area contributed by atoms with Crippen LogP contribution in [0.3, 0.4) is 0 Å². The summed E-state index contributed by atoms with van der Waals surface area (Å²) < 4.78 is 6.59. The highest BCUT2D eigenvalue weighted by Crippen LogP contribution is 2.32. The summed E-state index contributed by atoms with van der Waals surface area (Å²) in [6.45, 7) is 3.73. The van der Waals surface area contributed by atoms with Crippen molar-refractivity contribution < 1.29 is 9.66 Å². The van der Waals surface area contributed by atoms with E-state index in [1.54, 1.807) is 18.2 Å². The van der Waals surface area contributed by atoms with Crippen molar-refractivity contribution in [2.75, 3.05) is 0 Å². The van der Waals surface area contributed by atoms with Crippen LogP contribution < -0.4 is 10.5 Å². The fraction of sp³-hybridized carbons (Fsp3) is 0.200. The number of nitro benzene ring substituents is 1. The molecule has 0 aliphatic rings. The number of benzene rings is 2. The summed E-state index contributed by atoms with van der Waals surface area (Å²) >= 11 is 3.45. The average Bonchev–Trinajstić information content (AvgIpc) is 2.40. The minimum atomic E-state index is -0.443. The van der Waals surface area contributed by atoms with E-state index >= 15 is 0 Å². The van der Waals surface area contributed by atoms with Crippen LogP contribution in [0.2, 0.25) is 0 Å². The zero-order valence-corrected chi connectivity index (χ0v) is 13.3. The Balaban J connectivity index is 2.32. The highest BCUT2D eigenvalue weighted by molar-refractivity contribution is 9.10. The van der Waals surface area contributed by atoms with Crippen LogP contribution in [0.5, 0.6) is 11.5 Å². The molecule has 2 rings (SSSR count). The van der Waals surface area contributed by atoms with E-state index < -0.39 is 4.92 Å². The summed E-state index contributed by atoms with van der Waals surface area (Å²) in [5.41, 5.74) is 7.65. The highest BCUT2D eigenvalue weighted by Gasteiger charge is 2.12. The molecule has 0 heterocycles. The van der Waals surface area contributed by atoms with Crippen molar-refractivity contribution in [3.8, 4) is 11.5 Å². The Morgan fingerprint density at radius 2 is 2.00 bits per heavy atom. The van der Waals surface area contributed by atoms with Crippen molar-refractivity contribution in [2.45, 2.75) is 19.9 Å². The monoisotopic (exact) mass is 350 g/mol. The van der Waals surface area contributed by atoms with Crippen LogP contribution in [0, 0.1) is 17.0 Å². The molecule has 110 valence electrons. The molecule has 1 atom stereocenters. The first-order valence-corrected chi connectivity index (χ1v) is 7.15. The van der Waals surface area contributed by atoms with Crippen LogP contribution in [0.25, 0.3) is 0 Å². The van der Waals surface area contributed by atoms with Gasteiger partial charge in [0.15, 0.2) is 0 Å². The first-order chi connectivity index (χ1) is 9.88. The van der Waals surface area contributed by atoms with Gasteiger partial charge in [-0.3, -0.25) is 10.1 Å². The molecule has 0 bridgehead atoms. The topological polar surface area (TPSA) is 78.4 Å². The smallest absolute Gasteiger partial charge is 0.273 e. The van der Waals surface area contributed by atoms with Gasteiger partial charge in [0, 0.05) is 16.6 Å². The van der Waals surface area contributed by atoms with E-state index in [0.29, 0.717) is 11.5 Å².